The minimum Gasteiger partial charge on any atom is -0.332 e. The van der Waals surface area contributed by atoms with Crippen LogP contribution in [0.4, 0.5) is 0 Å². The molecule has 0 radical (unpaired) electrons. The number of piperidine rings is 1. The van der Waals surface area contributed by atoms with E-state index in [2.05, 4.69) is 14.9 Å². The van der Waals surface area contributed by atoms with E-state index < -0.39 is 0 Å². The number of aromatic nitrogens is 2. The number of nitrogens with two attached hydrogens (primary N) is 1. The number of rotatable bonds is 4. The first-order valence-corrected chi connectivity index (χ1v) is 8.77. The Labute approximate surface area is 137 Å². The summed E-state index contributed by atoms with van der Waals surface area (Å²) in [6.45, 7) is 3.79. The van der Waals surface area contributed by atoms with Gasteiger partial charge in [-0.3, -0.25) is 4.79 Å². The lowest BCUT2D eigenvalue weighted by Crippen LogP contribution is -2.57. The molecular formula is C17H25N5O. The molecule has 2 aliphatic heterocycles. The summed E-state index contributed by atoms with van der Waals surface area (Å²) >= 11 is 0. The topological polar surface area (TPSA) is 75.3 Å². The molecule has 3 atom stereocenters. The van der Waals surface area contributed by atoms with Crippen LogP contribution < -0.4 is 5.73 Å². The molecule has 3 heterocycles. The number of amides is 1. The molecule has 23 heavy (non-hydrogen) atoms. The van der Waals surface area contributed by atoms with Crippen LogP contribution in [0.3, 0.4) is 0 Å². The van der Waals surface area contributed by atoms with Crippen LogP contribution in [-0.2, 0) is 4.79 Å². The second-order valence-electron chi connectivity index (χ2n) is 7.21. The molecule has 1 aromatic heterocycles. The van der Waals surface area contributed by atoms with E-state index >= 15 is 0 Å². The molecule has 1 amide bonds. The van der Waals surface area contributed by atoms with Gasteiger partial charge in [-0.1, -0.05) is 0 Å². The second-order valence-corrected chi connectivity index (χ2v) is 7.21. The van der Waals surface area contributed by atoms with Gasteiger partial charge in [0.15, 0.2) is 5.82 Å². The summed E-state index contributed by atoms with van der Waals surface area (Å²) in [5, 5.41) is 0. The Morgan fingerprint density at radius 1 is 1.17 bits per heavy atom. The van der Waals surface area contributed by atoms with Crippen molar-refractivity contribution in [2.24, 2.45) is 17.6 Å². The molecule has 2 N–H and O–H groups in total. The fraction of sp³-hybridized carbons (Fsp3) is 0.706. The van der Waals surface area contributed by atoms with Crippen molar-refractivity contribution in [3.63, 3.8) is 0 Å². The average Bonchev–Trinajstić information content (AvgIpc) is 3.33. The SMILES string of the molecule is N[C@H]1CCN(CC2CC2)C[C@@H]1C(=O)N1CC[C@H]1c1ncccn1. The highest BCUT2D eigenvalue weighted by atomic mass is 16.2. The van der Waals surface area contributed by atoms with Crippen LogP contribution in [0.2, 0.25) is 0 Å². The summed E-state index contributed by atoms with van der Waals surface area (Å²) in [5.74, 6) is 1.73. The minimum absolute atomic E-state index is 0.0177. The number of hydrogen-bond acceptors (Lipinski definition) is 5. The Kier molecular flexibility index (Phi) is 4.03. The predicted molar refractivity (Wildman–Crippen MR) is 86.3 cm³/mol. The zero-order chi connectivity index (χ0) is 15.8. The predicted octanol–water partition coefficient (Wildman–Crippen LogP) is 0.809. The van der Waals surface area contributed by atoms with Crippen molar-refractivity contribution in [2.75, 3.05) is 26.2 Å². The van der Waals surface area contributed by atoms with E-state index in [-0.39, 0.29) is 23.9 Å². The molecule has 4 rings (SSSR count). The molecule has 6 nitrogen and oxygen atoms in total. The van der Waals surface area contributed by atoms with Crippen LogP contribution in [-0.4, -0.2) is 57.9 Å². The fourth-order valence-electron chi connectivity index (χ4n) is 3.75. The Balaban J connectivity index is 1.42. The Bertz CT molecular complexity index is 561. The summed E-state index contributed by atoms with van der Waals surface area (Å²) in [4.78, 5) is 26.0. The summed E-state index contributed by atoms with van der Waals surface area (Å²) in [6.07, 6.45) is 8.05. The molecule has 2 saturated heterocycles. The van der Waals surface area contributed by atoms with Crippen LogP contribution in [0.25, 0.3) is 0 Å². The van der Waals surface area contributed by atoms with Gasteiger partial charge >= 0.3 is 0 Å². The zero-order valence-corrected chi connectivity index (χ0v) is 13.5. The lowest BCUT2D eigenvalue weighted by molar-refractivity contribution is -0.146. The van der Waals surface area contributed by atoms with Crippen molar-refractivity contribution in [2.45, 2.75) is 37.8 Å². The number of carbonyl (C=O) groups is 1. The highest BCUT2D eigenvalue weighted by Crippen LogP contribution is 2.35. The molecule has 0 bridgehead atoms. The Hall–Kier alpha value is -1.53. The molecule has 1 aromatic rings. The lowest BCUT2D eigenvalue weighted by atomic mass is 9.88. The number of carbonyl (C=O) groups excluding carboxylic acids is 1. The Morgan fingerprint density at radius 3 is 2.61 bits per heavy atom. The van der Waals surface area contributed by atoms with Gasteiger partial charge in [-0.25, -0.2) is 9.97 Å². The van der Waals surface area contributed by atoms with E-state index in [0.717, 1.165) is 50.8 Å². The maximum absolute atomic E-state index is 13.0. The molecule has 6 heteroatoms. The van der Waals surface area contributed by atoms with Gasteiger partial charge in [-0.15, -0.1) is 0 Å². The number of hydrogen-bond donors (Lipinski definition) is 1. The van der Waals surface area contributed by atoms with Gasteiger partial charge in [-0.2, -0.15) is 0 Å². The smallest absolute Gasteiger partial charge is 0.229 e. The standard InChI is InChI=1S/C17H25N5O/c18-14-4-8-21(10-12-2-3-12)11-13(14)17(23)22-9-5-15(22)16-19-6-1-7-20-16/h1,6-7,12-15H,2-5,8-11,18H2/t13-,14-,15-/m0/s1. The van der Waals surface area contributed by atoms with Crippen molar-refractivity contribution < 1.29 is 4.79 Å². The van der Waals surface area contributed by atoms with Gasteiger partial charge < -0.3 is 15.5 Å². The normalized spacial score (nSPS) is 31.7. The first kappa shape index (κ1) is 15.0. The maximum atomic E-state index is 13.0. The van der Waals surface area contributed by atoms with Crippen LogP contribution in [0.5, 0.6) is 0 Å². The largest absolute Gasteiger partial charge is 0.332 e. The van der Waals surface area contributed by atoms with Crippen molar-refractivity contribution in [3.8, 4) is 0 Å². The Morgan fingerprint density at radius 2 is 1.96 bits per heavy atom. The molecular weight excluding hydrogens is 290 g/mol. The molecule has 0 unspecified atom stereocenters. The van der Waals surface area contributed by atoms with Gasteiger partial charge in [0, 0.05) is 38.1 Å². The molecule has 0 spiro atoms. The third-order valence-electron chi connectivity index (χ3n) is 5.47. The van der Waals surface area contributed by atoms with Gasteiger partial charge in [0.2, 0.25) is 5.91 Å². The van der Waals surface area contributed by atoms with Crippen LogP contribution >= 0.6 is 0 Å². The van der Waals surface area contributed by atoms with E-state index in [4.69, 9.17) is 5.73 Å². The van der Waals surface area contributed by atoms with Crippen molar-refractivity contribution in [3.05, 3.63) is 24.3 Å². The zero-order valence-electron chi connectivity index (χ0n) is 13.5. The van der Waals surface area contributed by atoms with Gasteiger partial charge in [0.25, 0.3) is 0 Å². The van der Waals surface area contributed by atoms with E-state index in [9.17, 15) is 4.79 Å². The third-order valence-corrected chi connectivity index (χ3v) is 5.47. The lowest BCUT2D eigenvalue weighted by Gasteiger charge is -2.45. The molecule has 124 valence electrons. The van der Waals surface area contributed by atoms with E-state index in [0.29, 0.717) is 0 Å². The molecule has 0 aromatic carbocycles. The maximum Gasteiger partial charge on any atom is 0.229 e. The van der Waals surface area contributed by atoms with Crippen molar-refractivity contribution in [1.82, 2.24) is 19.8 Å². The molecule has 3 aliphatic rings. The van der Waals surface area contributed by atoms with Crippen LogP contribution in [0.15, 0.2) is 18.5 Å². The van der Waals surface area contributed by atoms with Crippen LogP contribution in [0.1, 0.15) is 37.5 Å². The second kappa shape index (κ2) is 6.17. The molecule has 1 aliphatic carbocycles. The van der Waals surface area contributed by atoms with E-state index in [1.54, 1.807) is 18.5 Å². The minimum atomic E-state index is -0.0750. The van der Waals surface area contributed by atoms with E-state index in [1.807, 2.05) is 4.90 Å². The summed E-state index contributed by atoms with van der Waals surface area (Å²) in [5.41, 5.74) is 6.28. The third kappa shape index (κ3) is 3.10. The summed E-state index contributed by atoms with van der Waals surface area (Å²) in [6, 6.07) is 1.83. The average molecular weight is 315 g/mol. The van der Waals surface area contributed by atoms with E-state index in [1.165, 1.54) is 12.8 Å². The highest BCUT2D eigenvalue weighted by molar-refractivity contribution is 5.81. The molecule has 3 fully saturated rings. The quantitative estimate of drug-likeness (QED) is 0.890. The first-order valence-electron chi connectivity index (χ1n) is 8.77. The van der Waals surface area contributed by atoms with Crippen LogP contribution in [0, 0.1) is 11.8 Å². The summed E-state index contributed by atoms with van der Waals surface area (Å²) in [7, 11) is 0. The van der Waals surface area contributed by atoms with Crippen molar-refractivity contribution in [1.29, 1.82) is 0 Å². The highest BCUT2D eigenvalue weighted by Gasteiger charge is 2.42. The van der Waals surface area contributed by atoms with Crippen molar-refractivity contribution >= 4 is 5.91 Å². The first-order chi connectivity index (χ1) is 11.2. The number of nitrogens with zero attached hydrogens (tertiary/aromatic N) is 4. The fourth-order valence-corrected chi connectivity index (χ4v) is 3.75. The van der Waals surface area contributed by atoms with Gasteiger partial charge in [-0.05, 0) is 44.2 Å². The van der Waals surface area contributed by atoms with Gasteiger partial charge in [0.05, 0.1) is 12.0 Å². The summed E-state index contributed by atoms with van der Waals surface area (Å²) < 4.78 is 0. The number of likely N-dealkylation sites (tertiary alicyclic amines) is 2. The monoisotopic (exact) mass is 315 g/mol. The van der Waals surface area contributed by atoms with Gasteiger partial charge in [0.1, 0.15) is 0 Å². The molecule has 1 saturated carbocycles.